The van der Waals surface area contributed by atoms with Gasteiger partial charge < -0.3 is 4.74 Å². The standard InChI is InChI=1S/C15H16N2O2/c1-11(2)13-5-3-4-6-14(13)19-10-15-16-7-12(9-18)8-17-15/h3-9,11H,10H2,1-2H3. The smallest absolute Gasteiger partial charge is 0.166 e. The first kappa shape index (κ1) is 13.2. The highest BCUT2D eigenvalue weighted by Crippen LogP contribution is 2.26. The predicted octanol–water partition coefficient (Wildman–Crippen LogP) is 2.99. The van der Waals surface area contributed by atoms with E-state index in [9.17, 15) is 4.79 Å². The molecular weight excluding hydrogens is 240 g/mol. The third-order valence-corrected chi connectivity index (χ3v) is 2.76. The molecule has 0 saturated heterocycles. The van der Waals surface area contributed by atoms with E-state index in [1.807, 2.05) is 18.2 Å². The quantitative estimate of drug-likeness (QED) is 0.772. The number of para-hydroxylation sites is 1. The molecular formula is C15H16N2O2. The summed E-state index contributed by atoms with van der Waals surface area (Å²) in [4.78, 5) is 18.6. The normalized spacial score (nSPS) is 10.5. The molecule has 4 nitrogen and oxygen atoms in total. The van der Waals surface area contributed by atoms with Crippen LogP contribution in [0.3, 0.4) is 0 Å². The van der Waals surface area contributed by atoms with Crippen LogP contribution in [0, 0.1) is 0 Å². The molecule has 0 aliphatic carbocycles. The summed E-state index contributed by atoms with van der Waals surface area (Å²) in [6, 6.07) is 7.93. The third-order valence-electron chi connectivity index (χ3n) is 2.76. The van der Waals surface area contributed by atoms with Crippen LogP contribution in [0.5, 0.6) is 5.75 Å². The summed E-state index contributed by atoms with van der Waals surface area (Å²) in [7, 11) is 0. The first-order valence-corrected chi connectivity index (χ1v) is 6.18. The molecule has 0 fully saturated rings. The number of benzene rings is 1. The molecule has 4 heteroatoms. The van der Waals surface area contributed by atoms with Crippen molar-refractivity contribution in [2.45, 2.75) is 26.4 Å². The average Bonchev–Trinajstić information content (AvgIpc) is 2.46. The fourth-order valence-corrected chi connectivity index (χ4v) is 1.73. The summed E-state index contributed by atoms with van der Waals surface area (Å²) in [5, 5.41) is 0. The highest BCUT2D eigenvalue weighted by molar-refractivity contribution is 5.73. The van der Waals surface area contributed by atoms with Crippen molar-refractivity contribution in [2.24, 2.45) is 0 Å². The summed E-state index contributed by atoms with van der Waals surface area (Å²) in [5.41, 5.74) is 1.62. The number of carbonyl (C=O) groups excluding carboxylic acids is 1. The lowest BCUT2D eigenvalue weighted by Gasteiger charge is -2.13. The number of hydrogen-bond acceptors (Lipinski definition) is 4. The van der Waals surface area contributed by atoms with Crippen LogP contribution in [0.15, 0.2) is 36.7 Å². The second-order valence-corrected chi connectivity index (χ2v) is 4.53. The molecule has 0 saturated carbocycles. The Kier molecular flexibility index (Phi) is 4.23. The minimum atomic E-state index is 0.295. The summed E-state index contributed by atoms with van der Waals surface area (Å²) in [6.07, 6.45) is 3.71. The van der Waals surface area contributed by atoms with Gasteiger partial charge >= 0.3 is 0 Å². The van der Waals surface area contributed by atoms with Crippen molar-refractivity contribution in [1.82, 2.24) is 9.97 Å². The van der Waals surface area contributed by atoms with Crippen LogP contribution in [-0.4, -0.2) is 16.3 Å². The van der Waals surface area contributed by atoms with Crippen LogP contribution in [0.1, 0.15) is 41.5 Å². The molecule has 1 aromatic heterocycles. The molecule has 2 aromatic rings. The van der Waals surface area contributed by atoms with E-state index in [2.05, 4.69) is 29.9 Å². The van der Waals surface area contributed by atoms with E-state index >= 15 is 0 Å². The highest BCUT2D eigenvalue weighted by atomic mass is 16.5. The second kappa shape index (κ2) is 6.09. The van der Waals surface area contributed by atoms with E-state index in [4.69, 9.17) is 4.74 Å². The van der Waals surface area contributed by atoms with Gasteiger partial charge in [0.05, 0.1) is 5.56 Å². The van der Waals surface area contributed by atoms with Gasteiger partial charge in [0.2, 0.25) is 0 Å². The van der Waals surface area contributed by atoms with Crippen LogP contribution >= 0.6 is 0 Å². The molecule has 0 aliphatic rings. The molecule has 98 valence electrons. The summed E-state index contributed by atoms with van der Waals surface area (Å²) in [6.45, 7) is 4.54. The summed E-state index contributed by atoms with van der Waals surface area (Å²) in [5.74, 6) is 1.80. The first-order chi connectivity index (χ1) is 9.20. The molecule has 1 heterocycles. The number of hydrogen-bond donors (Lipinski definition) is 0. The lowest BCUT2D eigenvalue weighted by molar-refractivity contribution is 0.112. The van der Waals surface area contributed by atoms with Gasteiger partial charge in [-0.25, -0.2) is 9.97 Å². The number of ether oxygens (including phenoxy) is 1. The van der Waals surface area contributed by atoms with Crippen molar-refractivity contribution < 1.29 is 9.53 Å². The lowest BCUT2D eigenvalue weighted by Crippen LogP contribution is -2.04. The van der Waals surface area contributed by atoms with Gasteiger partial charge in [-0.15, -0.1) is 0 Å². The zero-order chi connectivity index (χ0) is 13.7. The average molecular weight is 256 g/mol. The van der Waals surface area contributed by atoms with Gasteiger partial charge in [-0.3, -0.25) is 4.79 Å². The zero-order valence-corrected chi connectivity index (χ0v) is 11.0. The fraction of sp³-hybridized carbons (Fsp3) is 0.267. The van der Waals surface area contributed by atoms with Crippen LogP contribution in [0.4, 0.5) is 0 Å². The van der Waals surface area contributed by atoms with E-state index < -0.39 is 0 Å². The SMILES string of the molecule is CC(C)c1ccccc1OCc1ncc(C=O)cn1. The molecule has 0 bridgehead atoms. The number of nitrogens with zero attached hydrogens (tertiary/aromatic N) is 2. The van der Waals surface area contributed by atoms with Gasteiger partial charge in [0.25, 0.3) is 0 Å². The zero-order valence-electron chi connectivity index (χ0n) is 11.0. The number of aldehydes is 1. The number of rotatable bonds is 5. The van der Waals surface area contributed by atoms with E-state index in [1.54, 1.807) is 0 Å². The Morgan fingerprint density at radius 2 is 1.89 bits per heavy atom. The molecule has 0 atom stereocenters. The first-order valence-electron chi connectivity index (χ1n) is 6.18. The molecule has 0 N–H and O–H groups in total. The highest BCUT2D eigenvalue weighted by Gasteiger charge is 2.07. The minimum Gasteiger partial charge on any atom is -0.485 e. The van der Waals surface area contributed by atoms with Crippen molar-refractivity contribution >= 4 is 6.29 Å². The molecule has 0 unspecified atom stereocenters. The molecule has 0 spiro atoms. The molecule has 0 radical (unpaired) electrons. The second-order valence-electron chi connectivity index (χ2n) is 4.53. The Hall–Kier alpha value is -2.23. The topological polar surface area (TPSA) is 52.1 Å². The Balaban J connectivity index is 2.07. The van der Waals surface area contributed by atoms with Gasteiger partial charge in [-0.2, -0.15) is 0 Å². The van der Waals surface area contributed by atoms with Crippen molar-refractivity contribution in [2.75, 3.05) is 0 Å². The van der Waals surface area contributed by atoms with Crippen LogP contribution < -0.4 is 4.74 Å². The molecule has 19 heavy (non-hydrogen) atoms. The van der Waals surface area contributed by atoms with Crippen LogP contribution in [0.25, 0.3) is 0 Å². The minimum absolute atomic E-state index is 0.295. The van der Waals surface area contributed by atoms with Gasteiger partial charge in [0.15, 0.2) is 12.1 Å². The van der Waals surface area contributed by atoms with Gasteiger partial charge in [0.1, 0.15) is 12.4 Å². The van der Waals surface area contributed by atoms with Crippen molar-refractivity contribution in [1.29, 1.82) is 0 Å². The maximum atomic E-state index is 10.5. The van der Waals surface area contributed by atoms with E-state index in [-0.39, 0.29) is 0 Å². The van der Waals surface area contributed by atoms with Crippen LogP contribution in [0.2, 0.25) is 0 Å². The van der Waals surface area contributed by atoms with Gasteiger partial charge in [0, 0.05) is 12.4 Å². The Morgan fingerprint density at radius 3 is 2.53 bits per heavy atom. The monoisotopic (exact) mass is 256 g/mol. The summed E-state index contributed by atoms with van der Waals surface area (Å²) < 4.78 is 5.74. The molecule has 1 aromatic carbocycles. The van der Waals surface area contributed by atoms with Crippen molar-refractivity contribution in [3.8, 4) is 5.75 Å². The van der Waals surface area contributed by atoms with E-state index in [0.717, 1.165) is 17.6 Å². The van der Waals surface area contributed by atoms with Crippen molar-refractivity contribution in [3.05, 3.63) is 53.6 Å². The maximum Gasteiger partial charge on any atom is 0.166 e. The molecule has 2 rings (SSSR count). The lowest BCUT2D eigenvalue weighted by atomic mass is 10.0. The number of carbonyl (C=O) groups is 1. The fourth-order valence-electron chi connectivity index (χ4n) is 1.73. The summed E-state index contributed by atoms with van der Waals surface area (Å²) >= 11 is 0. The Labute approximate surface area is 112 Å². The van der Waals surface area contributed by atoms with E-state index in [1.165, 1.54) is 12.4 Å². The largest absolute Gasteiger partial charge is 0.485 e. The molecule has 0 aliphatic heterocycles. The Morgan fingerprint density at radius 1 is 1.21 bits per heavy atom. The van der Waals surface area contributed by atoms with Crippen LogP contribution in [-0.2, 0) is 6.61 Å². The third kappa shape index (κ3) is 3.37. The van der Waals surface area contributed by atoms with Gasteiger partial charge in [-0.05, 0) is 17.5 Å². The Bertz CT molecular complexity index is 550. The van der Waals surface area contributed by atoms with E-state index in [0.29, 0.717) is 23.9 Å². The van der Waals surface area contributed by atoms with Gasteiger partial charge in [-0.1, -0.05) is 32.0 Å². The number of aromatic nitrogens is 2. The predicted molar refractivity (Wildman–Crippen MR) is 72.3 cm³/mol. The molecule has 0 amide bonds. The maximum absolute atomic E-state index is 10.5. The van der Waals surface area contributed by atoms with Crippen molar-refractivity contribution in [3.63, 3.8) is 0 Å².